The number of aromatic nitrogens is 1. The number of hydrogen-bond acceptors (Lipinski definition) is 3. The molecule has 0 saturated carbocycles. The maximum Gasteiger partial charge on any atom is 0.272 e. The molecule has 2 amide bonds. The molecule has 0 atom stereocenters. The van der Waals surface area contributed by atoms with Crippen molar-refractivity contribution >= 4 is 35.0 Å². The highest BCUT2D eigenvalue weighted by Crippen LogP contribution is 2.11. The lowest BCUT2D eigenvalue weighted by molar-refractivity contribution is -0.121. The van der Waals surface area contributed by atoms with Crippen molar-refractivity contribution in [2.24, 2.45) is 0 Å². The number of pyridine rings is 1. The minimum absolute atomic E-state index is 0.0445. The Hall–Kier alpha value is -2.11. The number of nitrogens with zero attached hydrogens (tertiary/aromatic N) is 2. The van der Waals surface area contributed by atoms with Crippen LogP contribution in [0.15, 0.2) is 42.6 Å². The van der Waals surface area contributed by atoms with Gasteiger partial charge in [0.05, 0.1) is 6.54 Å². The Morgan fingerprint density at radius 2 is 1.83 bits per heavy atom. The molecule has 1 heterocycles. The van der Waals surface area contributed by atoms with E-state index in [1.165, 1.54) is 17.2 Å². The molecule has 126 valence electrons. The monoisotopic (exact) mass is 365 g/mol. The molecule has 0 aliphatic heterocycles. The highest BCUT2D eigenvalue weighted by atomic mass is 35.5. The minimum Gasteiger partial charge on any atom is -0.350 e. The van der Waals surface area contributed by atoms with E-state index in [2.05, 4.69) is 10.3 Å². The van der Waals surface area contributed by atoms with Gasteiger partial charge in [0.15, 0.2) is 0 Å². The summed E-state index contributed by atoms with van der Waals surface area (Å²) in [5, 5.41) is 3.85. The van der Waals surface area contributed by atoms with Crippen LogP contribution in [-0.2, 0) is 11.3 Å². The molecule has 0 saturated heterocycles. The van der Waals surface area contributed by atoms with Crippen LogP contribution in [0, 0.1) is 0 Å². The summed E-state index contributed by atoms with van der Waals surface area (Å²) >= 11 is 11.7. The van der Waals surface area contributed by atoms with Gasteiger partial charge < -0.3 is 10.2 Å². The Morgan fingerprint density at radius 3 is 2.46 bits per heavy atom. The Labute approximate surface area is 150 Å². The fourth-order valence-electron chi connectivity index (χ4n) is 2.04. The first-order chi connectivity index (χ1) is 11.5. The van der Waals surface area contributed by atoms with Crippen LogP contribution in [0.5, 0.6) is 0 Å². The molecule has 7 heteroatoms. The minimum atomic E-state index is -0.332. The van der Waals surface area contributed by atoms with E-state index in [1.807, 2.05) is 12.1 Å². The van der Waals surface area contributed by atoms with E-state index in [-0.39, 0.29) is 24.1 Å². The van der Waals surface area contributed by atoms with Gasteiger partial charge >= 0.3 is 0 Å². The van der Waals surface area contributed by atoms with Gasteiger partial charge in [-0.1, -0.05) is 35.3 Å². The van der Waals surface area contributed by atoms with Gasteiger partial charge in [-0.3, -0.25) is 14.6 Å². The summed E-state index contributed by atoms with van der Waals surface area (Å²) in [5.41, 5.74) is 1.15. The van der Waals surface area contributed by atoms with Crippen LogP contribution in [0.2, 0.25) is 10.0 Å². The summed E-state index contributed by atoms with van der Waals surface area (Å²) < 4.78 is 0. The van der Waals surface area contributed by atoms with Gasteiger partial charge in [0.2, 0.25) is 5.91 Å². The molecule has 0 fully saturated rings. The molecule has 1 aromatic heterocycles. The van der Waals surface area contributed by atoms with E-state index in [0.717, 1.165) is 5.56 Å². The van der Waals surface area contributed by atoms with E-state index >= 15 is 0 Å². The van der Waals surface area contributed by atoms with Gasteiger partial charge in [-0.2, -0.15) is 0 Å². The van der Waals surface area contributed by atoms with E-state index in [9.17, 15) is 9.59 Å². The summed E-state index contributed by atoms with van der Waals surface area (Å²) in [6.07, 6.45) is 1.46. The molecule has 0 aliphatic carbocycles. The molecule has 0 bridgehead atoms. The smallest absolute Gasteiger partial charge is 0.272 e. The SMILES string of the molecule is CCN(CC(=O)NCc1ccc(Cl)cc1)C(=O)c1cc(Cl)ccn1. The molecule has 24 heavy (non-hydrogen) atoms. The summed E-state index contributed by atoms with van der Waals surface area (Å²) in [5.74, 6) is -0.580. The fourth-order valence-corrected chi connectivity index (χ4v) is 2.33. The van der Waals surface area contributed by atoms with Gasteiger partial charge in [-0.15, -0.1) is 0 Å². The van der Waals surface area contributed by atoms with Gasteiger partial charge in [0.25, 0.3) is 5.91 Å². The Kier molecular flexibility index (Phi) is 6.58. The number of benzene rings is 1. The zero-order valence-corrected chi connectivity index (χ0v) is 14.6. The van der Waals surface area contributed by atoms with Crippen LogP contribution < -0.4 is 5.32 Å². The zero-order chi connectivity index (χ0) is 17.5. The van der Waals surface area contributed by atoms with Crippen molar-refractivity contribution in [3.05, 3.63) is 63.9 Å². The van der Waals surface area contributed by atoms with Crippen molar-refractivity contribution in [3.8, 4) is 0 Å². The third-order valence-electron chi connectivity index (χ3n) is 3.35. The van der Waals surface area contributed by atoms with Crippen molar-refractivity contribution in [1.29, 1.82) is 0 Å². The van der Waals surface area contributed by atoms with Crippen LogP contribution in [0.1, 0.15) is 23.0 Å². The molecule has 2 aromatic rings. The highest BCUT2D eigenvalue weighted by Gasteiger charge is 2.18. The lowest BCUT2D eigenvalue weighted by Crippen LogP contribution is -2.40. The highest BCUT2D eigenvalue weighted by molar-refractivity contribution is 6.31. The first-order valence-electron chi connectivity index (χ1n) is 7.41. The maximum atomic E-state index is 12.4. The molecular weight excluding hydrogens is 349 g/mol. The van der Waals surface area contributed by atoms with E-state index < -0.39 is 0 Å². The first-order valence-corrected chi connectivity index (χ1v) is 8.17. The quantitative estimate of drug-likeness (QED) is 0.854. The van der Waals surface area contributed by atoms with E-state index in [4.69, 9.17) is 23.2 Å². The normalized spacial score (nSPS) is 10.3. The molecule has 0 unspecified atom stereocenters. The van der Waals surface area contributed by atoms with Crippen LogP contribution in [-0.4, -0.2) is 34.8 Å². The number of likely N-dealkylation sites (N-methyl/N-ethyl adjacent to an activating group) is 1. The van der Waals surface area contributed by atoms with Gasteiger partial charge in [0.1, 0.15) is 5.69 Å². The number of amides is 2. The average molecular weight is 366 g/mol. The van der Waals surface area contributed by atoms with Crippen LogP contribution in [0.4, 0.5) is 0 Å². The number of hydrogen-bond donors (Lipinski definition) is 1. The Balaban J connectivity index is 1.92. The second-order valence-electron chi connectivity index (χ2n) is 5.08. The van der Waals surface area contributed by atoms with Crippen molar-refractivity contribution < 1.29 is 9.59 Å². The molecule has 0 aliphatic rings. The topological polar surface area (TPSA) is 62.3 Å². The number of halogens is 2. The summed E-state index contributed by atoms with van der Waals surface area (Å²) in [7, 11) is 0. The molecular formula is C17H17Cl2N3O2. The van der Waals surface area contributed by atoms with Gasteiger partial charge in [-0.05, 0) is 36.8 Å². The predicted molar refractivity (Wildman–Crippen MR) is 94.1 cm³/mol. The summed E-state index contributed by atoms with van der Waals surface area (Å²) in [6.45, 7) is 2.52. The number of carbonyl (C=O) groups is 2. The van der Waals surface area contributed by atoms with E-state index in [1.54, 1.807) is 25.1 Å². The predicted octanol–water partition coefficient (Wildman–Crippen LogP) is 3.17. The zero-order valence-electron chi connectivity index (χ0n) is 13.1. The standard InChI is InChI=1S/C17H17Cl2N3O2/c1-2-22(17(24)15-9-14(19)7-8-20-15)11-16(23)21-10-12-3-5-13(18)6-4-12/h3-9H,2,10-11H2,1H3,(H,21,23). The van der Waals surface area contributed by atoms with Crippen molar-refractivity contribution in [1.82, 2.24) is 15.2 Å². The molecule has 1 aromatic carbocycles. The molecule has 0 radical (unpaired) electrons. The second kappa shape index (κ2) is 8.66. The lowest BCUT2D eigenvalue weighted by atomic mass is 10.2. The summed E-state index contributed by atoms with van der Waals surface area (Å²) in [4.78, 5) is 29.9. The molecule has 1 N–H and O–H groups in total. The lowest BCUT2D eigenvalue weighted by Gasteiger charge is -2.20. The van der Waals surface area contributed by atoms with Gasteiger partial charge in [0, 0.05) is 29.3 Å². The molecule has 0 spiro atoms. The first kappa shape index (κ1) is 18.2. The largest absolute Gasteiger partial charge is 0.350 e. The second-order valence-corrected chi connectivity index (χ2v) is 5.95. The number of nitrogens with one attached hydrogen (secondary N) is 1. The van der Waals surface area contributed by atoms with E-state index in [0.29, 0.717) is 23.1 Å². The van der Waals surface area contributed by atoms with Crippen LogP contribution >= 0.6 is 23.2 Å². The molecule has 2 rings (SSSR count). The Bertz CT molecular complexity index is 720. The molecule has 5 nitrogen and oxygen atoms in total. The van der Waals surface area contributed by atoms with Crippen molar-refractivity contribution in [3.63, 3.8) is 0 Å². The third kappa shape index (κ3) is 5.22. The number of carbonyl (C=O) groups excluding carboxylic acids is 2. The number of rotatable bonds is 6. The average Bonchev–Trinajstić information content (AvgIpc) is 2.58. The Morgan fingerprint density at radius 1 is 1.12 bits per heavy atom. The van der Waals surface area contributed by atoms with Crippen LogP contribution in [0.25, 0.3) is 0 Å². The fraction of sp³-hybridized carbons (Fsp3) is 0.235. The van der Waals surface area contributed by atoms with Gasteiger partial charge in [-0.25, -0.2) is 0 Å². The maximum absolute atomic E-state index is 12.4. The third-order valence-corrected chi connectivity index (χ3v) is 3.83. The van der Waals surface area contributed by atoms with Crippen LogP contribution in [0.3, 0.4) is 0 Å². The summed E-state index contributed by atoms with van der Waals surface area (Å²) in [6, 6.07) is 10.3. The van der Waals surface area contributed by atoms with Crippen molar-refractivity contribution in [2.75, 3.05) is 13.1 Å². The van der Waals surface area contributed by atoms with Crippen molar-refractivity contribution in [2.45, 2.75) is 13.5 Å².